The minimum absolute atomic E-state index is 0.289. The molecule has 0 saturated carbocycles. The molecule has 1 saturated heterocycles. The van der Waals surface area contributed by atoms with E-state index in [1.165, 1.54) is 12.8 Å². The van der Waals surface area contributed by atoms with Crippen molar-refractivity contribution in [1.29, 1.82) is 5.26 Å². The fourth-order valence-electron chi connectivity index (χ4n) is 2.68. The van der Waals surface area contributed by atoms with E-state index < -0.39 is 0 Å². The first kappa shape index (κ1) is 11.5. The van der Waals surface area contributed by atoms with Gasteiger partial charge in [-0.1, -0.05) is 6.92 Å². The van der Waals surface area contributed by atoms with Crippen molar-refractivity contribution in [2.75, 3.05) is 6.54 Å². The Hall–Kier alpha value is -0.550. The molecule has 0 aliphatic carbocycles. The summed E-state index contributed by atoms with van der Waals surface area (Å²) in [6.07, 6.45) is 3.09. The summed E-state index contributed by atoms with van der Waals surface area (Å²) >= 11 is 0. The van der Waals surface area contributed by atoms with Crippen molar-refractivity contribution in [3.8, 4) is 6.07 Å². The lowest BCUT2D eigenvalue weighted by Gasteiger charge is -2.36. The third-order valence-electron chi connectivity index (χ3n) is 3.52. The van der Waals surface area contributed by atoms with Crippen molar-refractivity contribution in [3.05, 3.63) is 0 Å². The summed E-state index contributed by atoms with van der Waals surface area (Å²) in [4.78, 5) is 2.56. The molecule has 1 aliphatic rings. The predicted octanol–water partition coefficient (Wildman–Crippen LogP) is 2.80. The lowest BCUT2D eigenvalue weighted by molar-refractivity contribution is 0.121. The Morgan fingerprint density at radius 3 is 2.71 bits per heavy atom. The van der Waals surface area contributed by atoms with E-state index in [0.29, 0.717) is 12.0 Å². The van der Waals surface area contributed by atoms with Crippen molar-refractivity contribution in [2.45, 2.75) is 58.5 Å². The second-order valence-corrected chi connectivity index (χ2v) is 5.15. The van der Waals surface area contributed by atoms with Crippen LogP contribution in [-0.4, -0.2) is 23.0 Å². The molecule has 2 nitrogen and oxygen atoms in total. The molecule has 1 aliphatic heterocycles. The average Bonchev–Trinajstić information content (AvgIpc) is 2.40. The van der Waals surface area contributed by atoms with Crippen LogP contribution in [0.15, 0.2) is 0 Å². The first-order chi connectivity index (χ1) is 6.51. The van der Waals surface area contributed by atoms with E-state index in [1.807, 2.05) is 0 Å². The SMILES string of the molecule is CCC(C)N1CC(CC#N)CC1(C)C. The van der Waals surface area contributed by atoms with Gasteiger partial charge >= 0.3 is 0 Å². The second-order valence-electron chi connectivity index (χ2n) is 5.15. The fourth-order valence-corrected chi connectivity index (χ4v) is 2.68. The van der Waals surface area contributed by atoms with Crippen LogP contribution in [0, 0.1) is 17.2 Å². The standard InChI is InChI=1S/C12H22N2/c1-5-10(2)14-9-11(6-7-13)8-12(14,3)4/h10-11H,5-6,8-9H2,1-4H3. The molecule has 0 spiro atoms. The highest BCUT2D eigenvalue weighted by atomic mass is 15.2. The Bertz CT molecular complexity index is 227. The van der Waals surface area contributed by atoms with Gasteiger partial charge in [0.25, 0.3) is 0 Å². The summed E-state index contributed by atoms with van der Waals surface area (Å²) < 4.78 is 0. The van der Waals surface area contributed by atoms with E-state index in [9.17, 15) is 0 Å². The summed E-state index contributed by atoms with van der Waals surface area (Å²) in [5, 5.41) is 8.71. The number of nitrogens with zero attached hydrogens (tertiary/aromatic N) is 2. The Morgan fingerprint density at radius 2 is 2.21 bits per heavy atom. The molecule has 0 radical (unpaired) electrons. The molecule has 0 bridgehead atoms. The van der Waals surface area contributed by atoms with Crippen LogP contribution in [0.1, 0.15) is 47.0 Å². The summed E-state index contributed by atoms with van der Waals surface area (Å²) in [5.41, 5.74) is 0.289. The van der Waals surface area contributed by atoms with E-state index in [4.69, 9.17) is 5.26 Å². The molecular weight excluding hydrogens is 172 g/mol. The maximum absolute atomic E-state index is 8.71. The van der Waals surface area contributed by atoms with E-state index in [-0.39, 0.29) is 5.54 Å². The minimum atomic E-state index is 0.289. The van der Waals surface area contributed by atoms with E-state index in [0.717, 1.165) is 13.0 Å². The molecule has 0 N–H and O–H groups in total. The summed E-state index contributed by atoms with van der Waals surface area (Å²) in [7, 11) is 0. The summed E-state index contributed by atoms with van der Waals surface area (Å²) in [5.74, 6) is 0.587. The molecule has 14 heavy (non-hydrogen) atoms. The van der Waals surface area contributed by atoms with Gasteiger partial charge in [0, 0.05) is 24.5 Å². The Labute approximate surface area is 87.9 Å². The topological polar surface area (TPSA) is 27.0 Å². The maximum atomic E-state index is 8.71. The van der Waals surface area contributed by atoms with Gasteiger partial charge in [-0.3, -0.25) is 4.90 Å². The lowest BCUT2D eigenvalue weighted by atomic mass is 9.94. The molecule has 0 amide bonds. The smallest absolute Gasteiger partial charge is 0.0625 e. The van der Waals surface area contributed by atoms with Gasteiger partial charge in [0.05, 0.1) is 6.07 Å². The van der Waals surface area contributed by atoms with Crippen molar-refractivity contribution in [2.24, 2.45) is 5.92 Å². The van der Waals surface area contributed by atoms with Crippen LogP contribution in [0.2, 0.25) is 0 Å². The van der Waals surface area contributed by atoms with E-state index >= 15 is 0 Å². The lowest BCUT2D eigenvalue weighted by Crippen LogP contribution is -2.43. The first-order valence-corrected chi connectivity index (χ1v) is 5.65. The third kappa shape index (κ3) is 2.27. The van der Waals surface area contributed by atoms with Crippen LogP contribution in [-0.2, 0) is 0 Å². The van der Waals surface area contributed by atoms with Gasteiger partial charge in [0.1, 0.15) is 0 Å². The van der Waals surface area contributed by atoms with Crippen LogP contribution < -0.4 is 0 Å². The zero-order valence-electron chi connectivity index (χ0n) is 9.88. The highest BCUT2D eigenvalue weighted by molar-refractivity contribution is 4.97. The van der Waals surface area contributed by atoms with Gasteiger partial charge in [-0.15, -0.1) is 0 Å². The third-order valence-corrected chi connectivity index (χ3v) is 3.52. The molecule has 1 fully saturated rings. The quantitative estimate of drug-likeness (QED) is 0.690. The first-order valence-electron chi connectivity index (χ1n) is 5.65. The number of nitriles is 1. The van der Waals surface area contributed by atoms with Gasteiger partial charge in [-0.05, 0) is 39.5 Å². The van der Waals surface area contributed by atoms with E-state index in [2.05, 4.69) is 38.7 Å². The van der Waals surface area contributed by atoms with Crippen molar-refractivity contribution >= 4 is 0 Å². The van der Waals surface area contributed by atoms with E-state index in [1.54, 1.807) is 0 Å². The molecule has 80 valence electrons. The predicted molar refractivity (Wildman–Crippen MR) is 58.9 cm³/mol. The minimum Gasteiger partial charge on any atom is -0.295 e. The highest BCUT2D eigenvalue weighted by Gasteiger charge is 2.39. The van der Waals surface area contributed by atoms with Crippen LogP contribution in [0.4, 0.5) is 0 Å². The van der Waals surface area contributed by atoms with Crippen LogP contribution in [0.25, 0.3) is 0 Å². The second kappa shape index (κ2) is 4.31. The largest absolute Gasteiger partial charge is 0.295 e. The molecule has 2 heteroatoms. The van der Waals surface area contributed by atoms with Gasteiger partial charge in [0.15, 0.2) is 0 Å². The van der Waals surface area contributed by atoms with Crippen LogP contribution in [0.3, 0.4) is 0 Å². The molecule has 1 rings (SSSR count). The normalized spacial score (nSPS) is 28.6. The highest BCUT2D eigenvalue weighted by Crippen LogP contribution is 2.36. The zero-order chi connectivity index (χ0) is 10.8. The molecule has 0 aromatic heterocycles. The number of likely N-dealkylation sites (tertiary alicyclic amines) is 1. The fraction of sp³-hybridized carbons (Fsp3) is 0.917. The molecule has 2 unspecified atom stereocenters. The van der Waals surface area contributed by atoms with Crippen molar-refractivity contribution < 1.29 is 0 Å². The molecule has 0 aromatic carbocycles. The Balaban J connectivity index is 2.64. The van der Waals surface area contributed by atoms with Crippen LogP contribution >= 0.6 is 0 Å². The Kier molecular flexibility index (Phi) is 3.55. The molecular formula is C12H22N2. The van der Waals surface area contributed by atoms with Crippen molar-refractivity contribution in [3.63, 3.8) is 0 Å². The molecule has 0 aromatic rings. The van der Waals surface area contributed by atoms with Gasteiger partial charge in [-0.25, -0.2) is 0 Å². The average molecular weight is 194 g/mol. The summed E-state index contributed by atoms with van der Waals surface area (Å²) in [6, 6.07) is 2.95. The van der Waals surface area contributed by atoms with Gasteiger partial charge in [0.2, 0.25) is 0 Å². The van der Waals surface area contributed by atoms with Gasteiger partial charge < -0.3 is 0 Å². The van der Waals surface area contributed by atoms with Gasteiger partial charge in [-0.2, -0.15) is 5.26 Å². The zero-order valence-corrected chi connectivity index (χ0v) is 9.88. The van der Waals surface area contributed by atoms with Crippen LogP contribution in [0.5, 0.6) is 0 Å². The summed E-state index contributed by atoms with van der Waals surface area (Å²) in [6.45, 7) is 10.2. The number of rotatable bonds is 3. The monoisotopic (exact) mass is 194 g/mol. The number of hydrogen-bond acceptors (Lipinski definition) is 2. The molecule has 1 heterocycles. The maximum Gasteiger partial charge on any atom is 0.0625 e. The molecule has 2 atom stereocenters. The van der Waals surface area contributed by atoms with Crippen molar-refractivity contribution in [1.82, 2.24) is 4.90 Å². The number of hydrogen-bond donors (Lipinski definition) is 0. The Morgan fingerprint density at radius 1 is 1.57 bits per heavy atom.